The molecule has 2 rings (SSSR count). The minimum absolute atomic E-state index is 0.208. The zero-order valence-electron chi connectivity index (χ0n) is 7.48. The number of nitrogens with two attached hydrogens (primary N) is 1. The molecule has 1 aromatic heterocycles. The van der Waals surface area contributed by atoms with Gasteiger partial charge in [0.2, 0.25) is 0 Å². The lowest BCUT2D eigenvalue weighted by Crippen LogP contribution is -2.11. The van der Waals surface area contributed by atoms with Gasteiger partial charge in [-0.1, -0.05) is 34.1 Å². The van der Waals surface area contributed by atoms with Gasteiger partial charge in [-0.2, -0.15) is 0 Å². The number of hydrogen-bond donors (Lipinski definition) is 1. The molecule has 0 aliphatic rings. The van der Waals surface area contributed by atoms with Gasteiger partial charge in [-0.15, -0.1) is 0 Å². The highest BCUT2D eigenvalue weighted by Crippen LogP contribution is 2.26. The second-order valence-electron chi connectivity index (χ2n) is 3.01. The number of benzene rings is 1. The molecule has 3 heteroatoms. The first kappa shape index (κ1) is 9.49. The van der Waals surface area contributed by atoms with E-state index >= 15 is 0 Å². The zero-order chi connectivity index (χ0) is 9.97. The summed E-state index contributed by atoms with van der Waals surface area (Å²) in [4.78, 5) is 0. The Bertz CT molecular complexity index is 411. The van der Waals surface area contributed by atoms with Crippen LogP contribution in [-0.4, -0.2) is 0 Å². The quantitative estimate of drug-likeness (QED) is 0.891. The highest BCUT2D eigenvalue weighted by molar-refractivity contribution is 9.10. The summed E-state index contributed by atoms with van der Waals surface area (Å²) in [6.07, 6.45) is 1.63. The van der Waals surface area contributed by atoms with E-state index in [4.69, 9.17) is 10.2 Å². The van der Waals surface area contributed by atoms with Crippen LogP contribution in [0.5, 0.6) is 0 Å². The SMILES string of the molecule is NC(c1ccco1)c1ccccc1Br. The maximum atomic E-state index is 6.04. The van der Waals surface area contributed by atoms with Gasteiger partial charge in [0.25, 0.3) is 0 Å². The fourth-order valence-corrected chi connectivity index (χ4v) is 1.88. The van der Waals surface area contributed by atoms with Crippen LogP contribution < -0.4 is 5.73 Å². The Morgan fingerprint density at radius 3 is 2.57 bits per heavy atom. The van der Waals surface area contributed by atoms with Crippen molar-refractivity contribution in [3.8, 4) is 0 Å². The first-order valence-electron chi connectivity index (χ1n) is 4.32. The largest absolute Gasteiger partial charge is 0.467 e. The van der Waals surface area contributed by atoms with Crippen LogP contribution in [-0.2, 0) is 0 Å². The highest BCUT2D eigenvalue weighted by Gasteiger charge is 2.13. The van der Waals surface area contributed by atoms with Gasteiger partial charge in [-0.25, -0.2) is 0 Å². The predicted molar refractivity (Wildman–Crippen MR) is 58.9 cm³/mol. The van der Waals surface area contributed by atoms with Crippen molar-refractivity contribution in [2.45, 2.75) is 6.04 Å². The first-order chi connectivity index (χ1) is 6.79. The Kier molecular flexibility index (Phi) is 2.70. The molecule has 0 saturated carbocycles. The van der Waals surface area contributed by atoms with Crippen LogP contribution in [0.2, 0.25) is 0 Å². The van der Waals surface area contributed by atoms with Crippen molar-refractivity contribution in [1.29, 1.82) is 0 Å². The highest BCUT2D eigenvalue weighted by atomic mass is 79.9. The molecule has 1 unspecified atom stereocenters. The summed E-state index contributed by atoms with van der Waals surface area (Å²) in [7, 11) is 0. The van der Waals surface area contributed by atoms with Crippen molar-refractivity contribution in [1.82, 2.24) is 0 Å². The predicted octanol–water partition coefficient (Wildman–Crippen LogP) is 3.09. The smallest absolute Gasteiger partial charge is 0.125 e. The van der Waals surface area contributed by atoms with Gasteiger partial charge < -0.3 is 10.2 Å². The zero-order valence-corrected chi connectivity index (χ0v) is 9.07. The van der Waals surface area contributed by atoms with Gasteiger partial charge in [-0.3, -0.25) is 0 Å². The van der Waals surface area contributed by atoms with E-state index < -0.39 is 0 Å². The van der Waals surface area contributed by atoms with E-state index in [1.165, 1.54) is 0 Å². The van der Waals surface area contributed by atoms with Crippen LogP contribution in [0.1, 0.15) is 17.4 Å². The molecule has 0 radical (unpaired) electrons. The fraction of sp³-hybridized carbons (Fsp3) is 0.0909. The molecule has 2 N–H and O–H groups in total. The normalized spacial score (nSPS) is 12.7. The molecule has 72 valence electrons. The van der Waals surface area contributed by atoms with Gasteiger partial charge >= 0.3 is 0 Å². The van der Waals surface area contributed by atoms with E-state index in [1.807, 2.05) is 36.4 Å². The summed E-state index contributed by atoms with van der Waals surface area (Å²) in [6.45, 7) is 0. The minimum Gasteiger partial charge on any atom is -0.467 e. The van der Waals surface area contributed by atoms with E-state index in [2.05, 4.69) is 15.9 Å². The third-order valence-corrected chi connectivity index (χ3v) is 2.81. The molecule has 0 aliphatic carbocycles. The third-order valence-electron chi connectivity index (χ3n) is 2.09. The average Bonchev–Trinajstić information content (AvgIpc) is 2.70. The molecule has 2 nitrogen and oxygen atoms in total. The van der Waals surface area contributed by atoms with Gasteiger partial charge in [0, 0.05) is 4.47 Å². The number of hydrogen-bond acceptors (Lipinski definition) is 2. The van der Waals surface area contributed by atoms with Gasteiger partial charge in [0.05, 0.1) is 12.3 Å². The topological polar surface area (TPSA) is 39.2 Å². The molecule has 2 aromatic rings. The van der Waals surface area contributed by atoms with Crippen molar-refractivity contribution in [2.75, 3.05) is 0 Å². The molecule has 0 spiro atoms. The van der Waals surface area contributed by atoms with Crippen LogP contribution in [0.4, 0.5) is 0 Å². The second-order valence-corrected chi connectivity index (χ2v) is 3.87. The lowest BCUT2D eigenvalue weighted by molar-refractivity contribution is 0.489. The monoisotopic (exact) mass is 251 g/mol. The minimum atomic E-state index is -0.208. The van der Waals surface area contributed by atoms with Gasteiger partial charge in [0.15, 0.2) is 0 Å². The number of furan rings is 1. The van der Waals surface area contributed by atoms with Gasteiger partial charge in [-0.05, 0) is 23.8 Å². The Hall–Kier alpha value is -1.06. The van der Waals surface area contributed by atoms with E-state index in [9.17, 15) is 0 Å². The Morgan fingerprint density at radius 2 is 1.93 bits per heavy atom. The Morgan fingerprint density at radius 1 is 1.14 bits per heavy atom. The van der Waals surface area contributed by atoms with Crippen LogP contribution in [0.3, 0.4) is 0 Å². The summed E-state index contributed by atoms with van der Waals surface area (Å²) >= 11 is 3.46. The molecular formula is C11H10BrNO. The van der Waals surface area contributed by atoms with E-state index in [-0.39, 0.29) is 6.04 Å². The molecule has 1 atom stereocenters. The summed E-state index contributed by atoms with van der Waals surface area (Å²) in [5.41, 5.74) is 7.07. The second kappa shape index (κ2) is 3.98. The van der Waals surface area contributed by atoms with Crippen molar-refractivity contribution < 1.29 is 4.42 Å². The molecule has 1 heterocycles. The fourth-order valence-electron chi connectivity index (χ4n) is 1.35. The maximum Gasteiger partial charge on any atom is 0.125 e. The van der Waals surface area contributed by atoms with Crippen LogP contribution in [0.15, 0.2) is 51.6 Å². The van der Waals surface area contributed by atoms with E-state index in [0.29, 0.717) is 0 Å². The van der Waals surface area contributed by atoms with E-state index in [1.54, 1.807) is 6.26 Å². The summed E-state index contributed by atoms with van der Waals surface area (Å²) in [5, 5.41) is 0. The third kappa shape index (κ3) is 1.74. The molecule has 0 saturated heterocycles. The van der Waals surface area contributed by atoms with Crippen LogP contribution in [0, 0.1) is 0 Å². The van der Waals surface area contributed by atoms with Crippen LogP contribution >= 0.6 is 15.9 Å². The van der Waals surface area contributed by atoms with E-state index in [0.717, 1.165) is 15.8 Å². The average molecular weight is 252 g/mol. The lowest BCUT2D eigenvalue weighted by Gasteiger charge is -2.10. The standard InChI is InChI=1S/C11H10BrNO/c12-9-5-2-1-4-8(9)11(13)10-6-3-7-14-10/h1-7,11H,13H2. The number of halogens is 1. The Labute approximate surface area is 90.9 Å². The number of rotatable bonds is 2. The lowest BCUT2D eigenvalue weighted by atomic mass is 10.1. The molecule has 0 fully saturated rings. The molecule has 0 amide bonds. The van der Waals surface area contributed by atoms with Crippen LogP contribution in [0.25, 0.3) is 0 Å². The molecule has 1 aromatic carbocycles. The van der Waals surface area contributed by atoms with Crippen molar-refractivity contribution in [3.63, 3.8) is 0 Å². The van der Waals surface area contributed by atoms with Crippen molar-refractivity contribution >= 4 is 15.9 Å². The molecule has 14 heavy (non-hydrogen) atoms. The first-order valence-corrected chi connectivity index (χ1v) is 5.12. The van der Waals surface area contributed by atoms with Gasteiger partial charge in [0.1, 0.15) is 5.76 Å². The maximum absolute atomic E-state index is 6.04. The summed E-state index contributed by atoms with van der Waals surface area (Å²) in [5.74, 6) is 0.775. The molecule has 0 bridgehead atoms. The Balaban J connectivity index is 2.37. The molecular weight excluding hydrogens is 242 g/mol. The summed E-state index contributed by atoms with van der Waals surface area (Å²) < 4.78 is 6.26. The van der Waals surface area contributed by atoms with Crippen molar-refractivity contribution in [3.05, 3.63) is 58.5 Å². The summed E-state index contributed by atoms with van der Waals surface area (Å²) in [6, 6.07) is 11.4. The van der Waals surface area contributed by atoms with Crippen molar-refractivity contribution in [2.24, 2.45) is 5.73 Å². The molecule has 0 aliphatic heterocycles.